The summed E-state index contributed by atoms with van der Waals surface area (Å²) in [6.07, 6.45) is 3.37. The number of hydrogen-bond donors (Lipinski definition) is 2. The quantitative estimate of drug-likeness (QED) is 0.681. The van der Waals surface area contributed by atoms with Gasteiger partial charge < -0.3 is 16.0 Å². The summed E-state index contributed by atoms with van der Waals surface area (Å²) in [7, 11) is 0. The lowest BCUT2D eigenvalue weighted by Crippen LogP contribution is -2.49. The highest BCUT2D eigenvalue weighted by Crippen LogP contribution is 2.34. The van der Waals surface area contributed by atoms with Crippen LogP contribution in [0.25, 0.3) is 17.5 Å². The molecule has 0 aliphatic carbocycles. The van der Waals surface area contributed by atoms with Gasteiger partial charge in [-0.25, -0.2) is 13.8 Å². The lowest BCUT2D eigenvalue weighted by molar-refractivity contribution is -0.133. The highest BCUT2D eigenvalue weighted by atomic mass is 19.1. The number of nitrogens with two attached hydrogens (primary N) is 1. The van der Waals surface area contributed by atoms with Gasteiger partial charge in [-0.15, -0.1) is 0 Å². The van der Waals surface area contributed by atoms with Gasteiger partial charge in [0, 0.05) is 23.7 Å². The summed E-state index contributed by atoms with van der Waals surface area (Å²) in [5.41, 5.74) is 6.88. The van der Waals surface area contributed by atoms with Crippen molar-refractivity contribution < 1.29 is 13.6 Å². The van der Waals surface area contributed by atoms with E-state index in [9.17, 15) is 13.6 Å². The maximum absolute atomic E-state index is 13.4. The van der Waals surface area contributed by atoms with E-state index in [1.165, 1.54) is 29.2 Å². The van der Waals surface area contributed by atoms with Crippen molar-refractivity contribution in [3.05, 3.63) is 72.2 Å². The van der Waals surface area contributed by atoms with Gasteiger partial charge in [-0.2, -0.15) is 0 Å². The lowest BCUT2D eigenvalue weighted by atomic mass is 10.1. The van der Waals surface area contributed by atoms with Crippen molar-refractivity contribution >= 4 is 23.6 Å². The number of amides is 1. The zero-order valence-electron chi connectivity index (χ0n) is 16.6. The molecule has 0 radical (unpaired) electrons. The van der Waals surface area contributed by atoms with Crippen LogP contribution >= 0.6 is 0 Å². The van der Waals surface area contributed by atoms with Crippen LogP contribution in [-0.4, -0.2) is 25.9 Å². The molecule has 0 spiro atoms. The Morgan fingerprint density at radius 2 is 1.63 bits per heavy atom. The lowest BCUT2D eigenvalue weighted by Gasteiger charge is -2.28. The highest BCUT2D eigenvalue weighted by Gasteiger charge is 2.30. The van der Waals surface area contributed by atoms with Gasteiger partial charge in [-0.05, 0) is 62.4 Å². The van der Waals surface area contributed by atoms with E-state index < -0.39 is 5.54 Å². The van der Waals surface area contributed by atoms with E-state index in [0.29, 0.717) is 28.6 Å². The molecule has 2 heterocycles. The number of nitrogens with one attached hydrogen (secondary N) is 1. The Labute approximate surface area is 172 Å². The Hall–Kier alpha value is -3.52. The Balaban J connectivity index is 1.76. The highest BCUT2D eigenvalue weighted by molar-refractivity contribution is 5.87. The fraction of sp³-hybridized carbons (Fsp3) is 0.182. The number of aromatic nitrogens is 2. The number of rotatable bonds is 4. The summed E-state index contributed by atoms with van der Waals surface area (Å²) >= 11 is 0. The number of benzene rings is 2. The summed E-state index contributed by atoms with van der Waals surface area (Å²) in [6.45, 7) is 3.53. The van der Waals surface area contributed by atoms with Crippen LogP contribution in [0.15, 0.2) is 54.7 Å². The number of imidazole rings is 1. The Morgan fingerprint density at radius 1 is 1.03 bits per heavy atom. The van der Waals surface area contributed by atoms with Gasteiger partial charge in [-0.3, -0.25) is 9.36 Å². The number of anilines is 2. The molecule has 154 valence electrons. The maximum atomic E-state index is 13.4. The average molecular weight is 409 g/mol. The summed E-state index contributed by atoms with van der Waals surface area (Å²) in [6, 6.07) is 11.9. The Morgan fingerprint density at radius 3 is 2.23 bits per heavy atom. The van der Waals surface area contributed by atoms with Crippen molar-refractivity contribution in [3.63, 3.8) is 0 Å². The molecule has 30 heavy (non-hydrogen) atoms. The second-order valence-corrected chi connectivity index (χ2v) is 7.69. The van der Waals surface area contributed by atoms with Crippen molar-refractivity contribution in [3.8, 4) is 11.3 Å². The molecule has 8 heteroatoms. The Kier molecular flexibility index (Phi) is 4.87. The van der Waals surface area contributed by atoms with Crippen LogP contribution < -0.4 is 11.1 Å². The minimum atomic E-state index is -1.02. The number of halogens is 2. The van der Waals surface area contributed by atoms with Gasteiger partial charge in [-0.1, -0.05) is 0 Å². The van der Waals surface area contributed by atoms with E-state index in [0.717, 1.165) is 0 Å². The number of fused-ring (bicyclic) bond motifs is 1. The standard InChI is InChI=1S/C22H21F2N5O/c1-22(2,25)21(30)28-11-12-29-18(13-28)27-19(14-3-5-15(23)6-4-14)20(29)26-17-9-7-16(24)8-10-17/h3-12,26H,13,25H2,1-2H3. The third-order valence-corrected chi connectivity index (χ3v) is 4.73. The van der Waals surface area contributed by atoms with Crippen LogP contribution in [-0.2, 0) is 11.3 Å². The summed E-state index contributed by atoms with van der Waals surface area (Å²) in [5, 5.41) is 3.26. The molecule has 3 N–H and O–H groups in total. The molecule has 0 saturated heterocycles. The van der Waals surface area contributed by atoms with Gasteiger partial charge in [0.05, 0.1) is 12.1 Å². The first-order valence-electron chi connectivity index (χ1n) is 9.40. The molecule has 0 bridgehead atoms. The van der Waals surface area contributed by atoms with E-state index in [2.05, 4.69) is 5.32 Å². The molecule has 0 unspecified atom stereocenters. The monoisotopic (exact) mass is 409 g/mol. The predicted molar refractivity (Wildman–Crippen MR) is 111 cm³/mol. The van der Waals surface area contributed by atoms with Crippen molar-refractivity contribution in [2.45, 2.75) is 25.9 Å². The third-order valence-electron chi connectivity index (χ3n) is 4.73. The summed E-state index contributed by atoms with van der Waals surface area (Å²) < 4.78 is 28.5. The van der Waals surface area contributed by atoms with E-state index in [4.69, 9.17) is 10.7 Å². The van der Waals surface area contributed by atoms with Gasteiger partial charge in [0.1, 0.15) is 29.0 Å². The van der Waals surface area contributed by atoms with Gasteiger partial charge in [0.25, 0.3) is 0 Å². The third kappa shape index (κ3) is 3.81. The first-order chi connectivity index (χ1) is 14.2. The van der Waals surface area contributed by atoms with Crippen LogP contribution in [0.3, 0.4) is 0 Å². The van der Waals surface area contributed by atoms with Crippen molar-refractivity contribution in [2.24, 2.45) is 5.73 Å². The fourth-order valence-corrected chi connectivity index (χ4v) is 3.21. The molecule has 2 aromatic carbocycles. The van der Waals surface area contributed by atoms with E-state index in [1.54, 1.807) is 50.5 Å². The van der Waals surface area contributed by atoms with Crippen LogP contribution in [0.4, 0.5) is 20.3 Å². The normalized spacial score (nSPS) is 13.3. The number of carbonyl (C=O) groups is 1. The SMILES string of the molecule is CC(C)(N)C(=O)N1C=Cn2c(nc(-c3ccc(F)cc3)c2Nc2ccc(F)cc2)C1. The van der Waals surface area contributed by atoms with Crippen molar-refractivity contribution in [2.75, 3.05) is 5.32 Å². The summed E-state index contributed by atoms with van der Waals surface area (Å²) in [4.78, 5) is 18.8. The molecule has 1 aliphatic rings. The van der Waals surface area contributed by atoms with Crippen LogP contribution in [0.2, 0.25) is 0 Å². The second kappa shape index (κ2) is 7.38. The molecular weight excluding hydrogens is 388 g/mol. The Bertz CT molecular complexity index is 1110. The maximum Gasteiger partial charge on any atom is 0.246 e. The molecule has 1 aliphatic heterocycles. The second-order valence-electron chi connectivity index (χ2n) is 7.69. The van der Waals surface area contributed by atoms with E-state index in [-0.39, 0.29) is 24.1 Å². The smallest absolute Gasteiger partial charge is 0.246 e. The molecule has 1 aromatic heterocycles. The predicted octanol–water partition coefficient (Wildman–Crippen LogP) is 4.08. The van der Waals surface area contributed by atoms with Crippen LogP contribution in [0.1, 0.15) is 19.7 Å². The zero-order chi connectivity index (χ0) is 21.5. The molecule has 3 aromatic rings. The minimum Gasteiger partial charge on any atom is -0.339 e. The zero-order valence-corrected chi connectivity index (χ0v) is 16.6. The summed E-state index contributed by atoms with van der Waals surface area (Å²) in [5.74, 6) is 0.313. The first-order valence-corrected chi connectivity index (χ1v) is 9.40. The molecule has 0 fully saturated rings. The number of carbonyl (C=O) groups excluding carboxylic acids is 1. The fourth-order valence-electron chi connectivity index (χ4n) is 3.21. The number of hydrogen-bond acceptors (Lipinski definition) is 4. The van der Waals surface area contributed by atoms with Gasteiger partial charge in [0.2, 0.25) is 5.91 Å². The van der Waals surface area contributed by atoms with Gasteiger partial charge >= 0.3 is 0 Å². The largest absolute Gasteiger partial charge is 0.339 e. The van der Waals surface area contributed by atoms with Gasteiger partial charge in [0.15, 0.2) is 0 Å². The average Bonchev–Trinajstić information content (AvgIpc) is 3.06. The number of nitrogens with zero attached hydrogens (tertiary/aromatic N) is 3. The molecule has 0 atom stereocenters. The molecule has 6 nitrogen and oxygen atoms in total. The van der Waals surface area contributed by atoms with E-state index in [1.807, 2.05) is 4.57 Å². The van der Waals surface area contributed by atoms with Crippen LogP contribution in [0, 0.1) is 11.6 Å². The molecule has 1 amide bonds. The van der Waals surface area contributed by atoms with Crippen molar-refractivity contribution in [1.29, 1.82) is 0 Å². The first kappa shape index (κ1) is 19.8. The molecule has 4 rings (SSSR count). The molecular formula is C22H21F2N5O. The van der Waals surface area contributed by atoms with Crippen LogP contribution in [0.5, 0.6) is 0 Å². The van der Waals surface area contributed by atoms with E-state index >= 15 is 0 Å². The molecule has 0 saturated carbocycles. The topological polar surface area (TPSA) is 76.2 Å². The van der Waals surface area contributed by atoms with Crippen molar-refractivity contribution in [1.82, 2.24) is 14.5 Å². The minimum absolute atomic E-state index is 0.231.